The molecule has 3 aromatic heterocycles. The van der Waals surface area contributed by atoms with E-state index >= 15 is 0 Å². The van der Waals surface area contributed by atoms with Crippen LogP contribution in [0, 0.1) is 6.92 Å². The molecule has 1 amide bonds. The Hall–Kier alpha value is -4.46. The van der Waals surface area contributed by atoms with Crippen LogP contribution in [0.2, 0.25) is 0 Å². The van der Waals surface area contributed by atoms with Gasteiger partial charge in [0.15, 0.2) is 0 Å². The van der Waals surface area contributed by atoms with E-state index in [9.17, 15) is 4.79 Å². The molecule has 7 heteroatoms. The van der Waals surface area contributed by atoms with Gasteiger partial charge < -0.3 is 18.8 Å². The number of morpholine rings is 1. The largest absolute Gasteiger partial charge is 0.378 e. The van der Waals surface area contributed by atoms with Crippen molar-refractivity contribution in [1.82, 2.24) is 19.0 Å². The SMILES string of the molecule is Cc1ncn(Cc2ccc(-c3ccsc3)cc2)c1Cn1cc(C(=O)N2CCOCC2)c(-c2cccc3ccccc23)c1. The van der Waals surface area contributed by atoms with Gasteiger partial charge in [-0.2, -0.15) is 11.3 Å². The number of amides is 1. The number of imidazole rings is 1. The van der Waals surface area contributed by atoms with Gasteiger partial charge in [0.25, 0.3) is 5.91 Å². The smallest absolute Gasteiger partial charge is 0.256 e. The van der Waals surface area contributed by atoms with Gasteiger partial charge in [-0.15, -0.1) is 0 Å². The highest BCUT2D eigenvalue weighted by molar-refractivity contribution is 7.08. The third kappa shape index (κ3) is 5.17. The van der Waals surface area contributed by atoms with Crippen LogP contribution in [-0.4, -0.2) is 51.2 Å². The topological polar surface area (TPSA) is 52.3 Å². The van der Waals surface area contributed by atoms with E-state index in [4.69, 9.17) is 4.74 Å². The second-order valence-corrected chi connectivity index (χ2v) is 11.6. The number of aryl methyl sites for hydroxylation is 1. The number of hydrogen-bond donors (Lipinski definition) is 0. The van der Waals surface area contributed by atoms with Gasteiger partial charge in [0.2, 0.25) is 0 Å². The van der Waals surface area contributed by atoms with Crippen LogP contribution in [0.3, 0.4) is 0 Å². The lowest BCUT2D eigenvalue weighted by Crippen LogP contribution is -2.40. The van der Waals surface area contributed by atoms with E-state index in [1.807, 2.05) is 17.4 Å². The van der Waals surface area contributed by atoms with Crippen molar-refractivity contribution < 1.29 is 9.53 Å². The minimum Gasteiger partial charge on any atom is -0.378 e. The van der Waals surface area contributed by atoms with E-state index < -0.39 is 0 Å². The quantitative estimate of drug-likeness (QED) is 0.205. The number of carbonyl (C=O) groups is 1. The summed E-state index contributed by atoms with van der Waals surface area (Å²) in [7, 11) is 0. The fourth-order valence-corrected chi connectivity index (χ4v) is 6.50. The standard InChI is InChI=1S/C35H32N4O2S/c1-25-34(39(24-36-25)19-26-9-11-27(12-10-26)29-13-18-42-23-29)22-37-20-32(31-8-4-6-28-5-2-3-7-30(28)31)33(21-37)35(40)38-14-16-41-17-15-38/h2-13,18,20-21,23-24H,14-17,19,22H2,1H3. The lowest BCUT2D eigenvalue weighted by atomic mass is 9.97. The highest BCUT2D eigenvalue weighted by Crippen LogP contribution is 2.33. The summed E-state index contributed by atoms with van der Waals surface area (Å²) in [6.07, 6.45) is 6.07. The summed E-state index contributed by atoms with van der Waals surface area (Å²) in [4.78, 5) is 20.4. The number of rotatable bonds is 7. The molecule has 6 aromatic rings. The maximum atomic E-state index is 13.9. The van der Waals surface area contributed by atoms with Gasteiger partial charge in [-0.1, -0.05) is 66.7 Å². The first-order valence-corrected chi connectivity index (χ1v) is 15.3. The number of aromatic nitrogens is 3. The average molecular weight is 573 g/mol. The minimum absolute atomic E-state index is 0.0518. The summed E-state index contributed by atoms with van der Waals surface area (Å²) in [6, 6.07) is 25.6. The molecule has 0 bridgehead atoms. The summed E-state index contributed by atoms with van der Waals surface area (Å²) < 4.78 is 9.89. The zero-order chi connectivity index (χ0) is 28.5. The Kier molecular flexibility index (Phi) is 7.20. The number of fused-ring (bicyclic) bond motifs is 1. The predicted octanol–water partition coefficient (Wildman–Crippen LogP) is 7.11. The van der Waals surface area contributed by atoms with Crippen LogP contribution in [0.4, 0.5) is 0 Å². The molecule has 4 heterocycles. The predicted molar refractivity (Wildman–Crippen MR) is 169 cm³/mol. The maximum absolute atomic E-state index is 13.9. The fraction of sp³-hybridized carbons (Fsp3) is 0.200. The van der Waals surface area contributed by atoms with E-state index in [1.165, 1.54) is 16.7 Å². The molecule has 7 rings (SSSR count). The first kappa shape index (κ1) is 26.4. The molecule has 0 atom stereocenters. The number of thiophene rings is 1. The van der Waals surface area contributed by atoms with Gasteiger partial charge in [-0.3, -0.25) is 4.79 Å². The Morgan fingerprint density at radius 2 is 1.69 bits per heavy atom. The van der Waals surface area contributed by atoms with Gasteiger partial charge in [-0.25, -0.2) is 4.98 Å². The summed E-state index contributed by atoms with van der Waals surface area (Å²) in [5, 5.41) is 6.58. The van der Waals surface area contributed by atoms with Gasteiger partial charge in [0.05, 0.1) is 43.0 Å². The molecule has 1 aliphatic heterocycles. The van der Waals surface area contributed by atoms with Crippen molar-refractivity contribution in [2.75, 3.05) is 26.3 Å². The van der Waals surface area contributed by atoms with E-state index in [0.717, 1.165) is 45.4 Å². The Morgan fingerprint density at radius 1 is 0.881 bits per heavy atom. The molecule has 1 saturated heterocycles. The van der Waals surface area contributed by atoms with Gasteiger partial charge in [0, 0.05) is 37.6 Å². The molecule has 3 aromatic carbocycles. The average Bonchev–Trinajstić information content (AvgIpc) is 3.80. The molecule has 0 N–H and O–H groups in total. The van der Waals surface area contributed by atoms with Crippen LogP contribution in [0.1, 0.15) is 27.3 Å². The lowest BCUT2D eigenvalue weighted by Gasteiger charge is -2.27. The minimum atomic E-state index is 0.0518. The second-order valence-electron chi connectivity index (χ2n) is 10.8. The molecule has 0 unspecified atom stereocenters. The molecule has 0 radical (unpaired) electrons. The van der Waals surface area contributed by atoms with Crippen LogP contribution in [0.25, 0.3) is 33.0 Å². The van der Waals surface area contributed by atoms with Crippen LogP contribution in [-0.2, 0) is 17.8 Å². The Labute approximate surface area is 249 Å². The van der Waals surface area contributed by atoms with Crippen molar-refractivity contribution >= 4 is 28.0 Å². The summed E-state index contributed by atoms with van der Waals surface area (Å²) in [5.74, 6) is 0.0518. The van der Waals surface area contributed by atoms with E-state index in [2.05, 4.69) is 111 Å². The van der Waals surface area contributed by atoms with Gasteiger partial charge >= 0.3 is 0 Å². The normalized spacial score (nSPS) is 13.6. The van der Waals surface area contributed by atoms with E-state index in [-0.39, 0.29) is 5.91 Å². The summed E-state index contributed by atoms with van der Waals surface area (Å²) >= 11 is 1.71. The Morgan fingerprint density at radius 3 is 2.50 bits per heavy atom. The van der Waals surface area contributed by atoms with Crippen molar-refractivity contribution in [1.29, 1.82) is 0 Å². The van der Waals surface area contributed by atoms with Crippen LogP contribution in [0.5, 0.6) is 0 Å². The van der Waals surface area contributed by atoms with E-state index in [1.54, 1.807) is 11.3 Å². The van der Waals surface area contributed by atoms with Crippen molar-refractivity contribution in [3.8, 4) is 22.3 Å². The molecular weight excluding hydrogens is 540 g/mol. The van der Waals surface area contributed by atoms with Crippen molar-refractivity contribution in [2.45, 2.75) is 20.0 Å². The van der Waals surface area contributed by atoms with Gasteiger partial charge in [-0.05, 0) is 56.8 Å². The molecular formula is C35H32N4O2S. The number of hydrogen-bond acceptors (Lipinski definition) is 4. The highest BCUT2D eigenvalue weighted by Gasteiger charge is 2.24. The molecule has 42 heavy (non-hydrogen) atoms. The molecule has 1 fully saturated rings. The monoisotopic (exact) mass is 572 g/mol. The van der Waals surface area contributed by atoms with Crippen molar-refractivity contribution in [3.05, 3.63) is 125 Å². The summed E-state index contributed by atoms with van der Waals surface area (Å²) in [6.45, 7) is 5.77. The maximum Gasteiger partial charge on any atom is 0.256 e. The second kappa shape index (κ2) is 11.4. The first-order valence-electron chi connectivity index (χ1n) is 14.3. The zero-order valence-electron chi connectivity index (χ0n) is 23.6. The van der Waals surface area contributed by atoms with Crippen LogP contribution >= 0.6 is 11.3 Å². The molecule has 0 aliphatic carbocycles. The van der Waals surface area contributed by atoms with Crippen molar-refractivity contribution in [3.63, 3.8) is 0 Å². The van der Waals surface area contributed by atoms with Crippen molar-refractivity contribution in [2.24, 2.45) is 0 Å². The van der Waals surface area contributed by atoms with Gasteiger partial charge in [0.1, 0.15) is 0 Å². The summed E-state index contributed by atoms with van der Waals surface area (Å²) in [5.41, 5.74) is 8.57. The number of nitrogens with zero attached hydrogens (tertiary/aromatic N) is 4. The third-order valence-corrected chi connectivity index (χ3v) is 8.82. The van der Waals surface area contributed by atoms with Crippen LogP contribution in [0.15, 0.2) is 102 Å². The first-order chi connectivity index (χ1) is 20.6. The Bertz CT molecular complexity index is 1840. The highest BCUT2D eigenvalue weighted by atomic mass is 32.1. The third-order valence-electron chi connectivity index (χ3n) is 8.14. The number of ether oxygens (including phenoxy) is 1. The Balaban J connectivity index is 1.22. The molecule has 0 saturated carbocycles. The molecule has 210 valence electrons. The number of carbonyl (C=O) groups excluding carboxylic acids is 1. The van der Waals surface area contributed by atoms with E-state index in [0.29, 0.717) is 32.8 Å². The fourth-order valence-electron chi connectivity index (χ4n) is 5.83. The molecule has 1 aliphatic rings. The zero-order valence-corrected chi connectivity index (χ0v) is 24.4. The lowest BCUT2D eigenvalue weighted by molar-refractivity contribution is 0.0303. The molecule has 6 nitrogen and oxygen atoms in total. The van der Waals surface area contributed by atoms with Crippen LogP contribution < -0.4 is 0 Å². The number of benzene rings is 3. The molecule has 0 spiro atoms.